The fourth-order valence-electron chi connectivity index (χ4n) is 2.52. The first kappa shape index (κ1) is 15.9. The first-order valence-corrected chi connectivity index (χ1v) is 7.36. The standard InChI is InChI=1S/C14H30N2O2/c1-3-15-14(2,13-17)7-4-5-8-16-9-6-11-18-12-10-16/h15,17H,3-13H2,1-2H3. The Kier molecular flexibility index (Phi) is 7.82. The van der Waals surface area contributed by atoms with Gasteiger partial charge in [0.1, 0.15) is 0 Å². The smallest absolute Gasteiger partial charge is 0.0610 e. The lowest BCUT2D eigenvalue weighted by Gasteiger charge is -2.28. The van der Waals surface area contributed by atoms with Gasteiger partial charge < -0.3 is 20.1 Å². The predicted molar refractivity (Wildman–Crippen MR) is 74.9 cm³/mol. The third kappa shape index (κ3) is 6.14. The zero-order valence-corrected chi connectivity index (χ0v) is 12.1. The van der Waals surface area contributed by atoms with E-state index in [0.29, 0.717) is 0 Å². The summed E-state index contributed by atoms with van der Waals surface area (Å²) < 4.78 is 5.45. The number of ether oxygens (including phenoxy) is 1. The highest BCUT2D eigenvalue weighted by molar-refractivity contribution is 4.81. The first-order valence-electron chi connectivity index (χ1n) is 7.36. The van der Waals surface area contributed by atoms with Crippen molar-refractivity contribution in [1.29, 1.82) is 0 Å². The summed E-state index contributed by atoms with van der Waals surface area (Å²) in [5.74, 6) is 0. The summed E-state index contributed by atoms with van der Waals surface area (Å²) in [5.41, 5.74) is -0.101. The topological polar surface area (TPSA) is 44.7 Å². The predicted octanol–water partition coefficient (Wildman–Crippen LogP) is 1.24. The van der Waals surface area contributed by atoms with Crippen LogP contribution in [0.4, 0.5) is 0 Å². The highest BCUT2D eigenvalue weighted by atomic mass is 16.5. The maximum atomic E-state index is 9.41. The molecule has 1 saturated heterocycles. The number of aliphatic hydroxyl groups excluding tert-OH is 1. The number of unbranched alkanes of at least 4 members (excludes halogenated alkanes) is 1. The van der Waals surface area contributed by atoms with Crippen LogP contribution in [0.25, 0.3) is 0 Å². The second kappa shape index (κ2) is 8.86. The van der Waals surface area contributed by atoms with Crippen LogP contribution in [0.1, 0.15) is 39.5 Å². The summed E-state index contributed by atoms with van der Waals surface area (Å²) in [4.78, 5) is 2.50. The van der Waals surface area contributed by atoms with Gasteiger partial charge >= 0.3 is 0 Å². The number of hydrogen-bond donors (Lipinski definition) is 2. The van der Waals surface area contributed by atoms with Crippen molar-refractivity contribution in [3.63, 3.8) is 0 Å². The van der Waals surface area contributed by atoms with Gasteiger partial charge in [-0.05, 0) is 39.3 Å². The fourth-order valence-corrected chi connectivity index (χ4v) is 2.52. The van der Waals surface area contributed by atoms with Crippen molar-refractivity contribution >= 4 is 0 Å². The maximum Gasteiger partial charge on any atom is 0.0610 e. The number of nitrogens with one attached hydrogen (secondary N) is 1. The Morgan fingerprint density at radius 1 is 1.28 bits per heavy atom. The molecule has 2 N–H and O–H groups in total. The van der Waals surface area contributed by atoms with Crippen molar-refractivity contribution in [2.75, 3.05) is 46.0 Å². The molecule has 18 heavy (non-hydrogen) atoms. The van der Waals surface area contributed by atoms with Crippen LogP contribution >= 0.6 is 0 Å². The number of nitrogens with zero attached hydrogens (tertiary/aromatic N) is 1. The summed E-state index contributed by atoms with van der Waals surface area (Å²) in [6.45, 7) is 10.5. The highest BCUT2D eigenvalue weighted by Gasteiger charge is 2.21. The van der Waals surface area contributed by atoms with Crippen LogP contribution in [0.2, 0.25) is 0 Å². The largest absolute Gasteiger partial charge is 0.394 e. The van der Waals surface area contributed by atoms with E-state index in [0.717, 1.165) is 45.7 Å². The number of rotatable bonds is 8. The van der Waals surface area contributed by atoms with Crippen molar-refractivity contribution in [2.45, 2.75) is 45.1 Å². The molecule has 0 aromatic carbocycles. The molecule has 1 atom stereocenters. The van der Waals surface area contributed by atoms with Gasteiger partial charge in [0.2, 0.25) is 0 Å². The van der Waals surface area contributed by atoms with E-state index in [-0.39, 0.29) is 12.1 Å². The van der Waals surface area contributed by atoms with Crippen molar-refractivity contribution in [3.05, 3.63) is 0 Å². The molecule has 0 aromatic heterocycles. The minimum absolute atomic E-state index is 0.101. The Hall–Kier alpha value is -0.160. The minimum Gasteiger partial charge on any atom is -0.394 e. The molecular weight excluding hydrogens is 228 g/mol. The molecule has 0 bridgehead atoms. The third-order valence-corrected chi connectivity index (χ3v) is 3.72. The lowest BCUT2D eigenvalue weighted by Crippen LogP contribution is -2.45. The number of aliphatic hydroxyl groups is 1. The van der Waals surface area contributed by atoms with Gasteiger partial charge in [0.25, 0.3) is 0 Å². The van der Waals surface area contributed by atoms with E-state index in [9.17, 15) is 5.11 Å². The van der Waals surface area contributed by atoms with Crippen molar-refractivity contribution in [2.24, 2.45) is 0 Å². The van der Waals surface area contributed by atoms with Crippen LogP contribution < -0.4 is 5.32 Å². The zero-order valence-electron chi connectivity index (χ0n) is 12.1. The van der Waals surface area contributed by atoms with E-state index in [1.165, 1.54) is 19.4 Å². The molecule has 1 rings (SSSR count). The third-order valence-electron chi connectivity index (χ3n) is 3.72. The van der Waals surface area contributed by atoms with Crippen molar-refractivity contribution in [1.82, 2.24) is 10.2 Å². The highest BCUT2D eigenvalue weighted by Crippen LogP contribution is 2.13. The molecule has 108 valence electrons. The average Bonchev–Trinajstić information content (AvgIpc) is 2.64. The summed E-state index contributed by atoms with van der Waals surface area (Å²) in [7, 11) is 0. The van der Waals surface area contributed by atoms with E-state index in [4.69, 9.17) is 4.74 Å². The molecular formula is C14H30N2O2. The first-order chi connectivity index (χ1) is 8.70. The molecule has 1 unspecified atom stereocenters. The van der Waals surface area contributed by atoms with E-state index >= 15 is 0 Å². The molecule has 1 fully saturated rings. The Bertz CT molecular complexity index is 206. The lowest BCUT2D eigenvalue weighted by molar-refractivity contribution is 0.140. The average molecular weight is 258 g/mol. The molecule has 1 aliphatic rings. The van der Waals surface area contributed by atoms with Gasteiger partial charge in [-0.1, -0.05) is 13.3 Å². The summed E-state index contributed by atoms with van der Waals surface area (Å²) in [6, 6.07) is 0. The Balaban J connectivity index is 2.12. The van der Waals surface area contributed by atoms with E-state index in [2.05, 4.69) is 24.1 Å². The SMILES string of the molecule is CCNC(C)(CO)CCCCN1CCCOCC1. The molecule has 1 aliphatic heterocycles. The molecule has 0 radical (unpaired) electrons. The van der Waals surface area contributed by atoms with Crippen LogP contribution in [0, 0.1) is 0 Å². The summed E-state index contributed by atoms with van der Waals surface area (Å²) >= 11 is 0. The van der Waals surface area contributed by atoms with Gasteiger partial charge in [-0.3, -0.25) is 0 Å². The molecule has 4 nitrogen and oxygen atoms in total. The molecule has 0 aliphatic carbocycles. The normalized spacial score (nSPS) is 21.5. The van der Waals surface area contributed by atoms with Crippen LogP contribution in [-0.2, 0) is 4.74 Å². The molecule has 0 spiro atoms. The number of hydrogen-bond acceptors (Lipinski definition) is 4. The van der Waals surface area contributed by atoms with Crippen LogP contribution in [0.15, 0.2) is 0 Å². The molecule has 1 heterocycles. The van der Waals surface area contributed by atoms with E-state index < -0.39 is 0 Å². The Morgan fingerprint density at radius 3 is 2.83 bits per heavy atom. The van der Waals surface area contributed by atoms with E-state index in [1.807, 2.05) is 0 Å². The van der Waals surface area contributed by atoms with Gasteiger partial charge in [0.05, 0.1) is 13.2 Å². The van der Waals surface area contributed by atoms with Gasteiger partial charge in [-0.2, -0.15) is 0 Å². The Labute approximate surface area is 112 Å². The maximum absolute atomic E-state index is 9.41. The van der Waals surface area contributed by atoms with Crippen molar-refractivity contribution < 1.29 is 9.84 Å². The summed E-state index contributed by atoms with van der Waals surface area (Å²) in [5, 5.41) is 12.8. The summed E-state index contributed by atoms with van der Waals surface area (Å²) in [6.07, 6.45) is 4.58. The Morgan fingerprint density at radius 2 is 2.11 bits per heavy atom. The monoisotopic (exact) mass is 258 g/mol. The molecule has 4 heteroatoms. The number of likely N-dealkylation sites (N-methyl/N-ethyl adjacent to an activating group) is 1. The fraction of sp³-hybridized carbons (Fsp3) is 1.00. The zero-order chi connectivity index (χ0) is 13.3. The minimum atomic E-state index is -0.101. The van der Waals surface area contributed by atoms with Gasteiger partial charge in [0, 0.05) is 25.2 Å². The molecule has 0 aromatic rings. The second-order valence-electron chi connectivity index (χ2n) is 5.51. The van der Waals surface area contributed by atoms with Gasteiger partial charge in [-0.15, -0.1) is 0 Å². The van der Waals surface area contributed by atoms with Crippen LogP contribution in [-0.4, -0.2) is 61.5 Å². The second-order valence-corrected chi connectivity index (χ2v) is 5.51. The van der Waals surface area contributed by atoms with Crippen LogP contribution in [0.5, 0.6) is 0 Å². The van der Waals surface area contributed by atoms with E-state index in [1.54, 1.807) is 0 Å². The molecule has 0 saturated carbocycles. The van der Waals surface area contributed by atoms with Gasteiger partial charge in [0.15, 0.2) is 0 Å². The van der Waals surface area contributed by atoms with Crippen molar-refractivity contribution in [3.8, 4) is 0 Å². The van der Waals surface area contributed by atoms with Gasteiger partial charge in [-0.25, -0.2) is 0 Å². The lowest BCUT2D eigenvalue weighted by atomic mass is 9.95. The molecule has 0 amide bonds. The van der Waals surface area contributed by atoms with Crippen LogP contribution in [0.3, 0.4) is 0 Å². The quantitative estimate of drug-likeness (QED) is 0.643.